The number of hydrogen-bond donors (Lipinski definition) is 0. The molecule has 7 heteroatoms. The van der Waals surface area contributed by atoms with Gasteiger partial charge in [0.25, 0.3) is 0 Å². The van der Waals surface area contributed by atoms with Crippen LogP contribution in [0.2, 0.25) is 0 Å². The van der Waals surface area contributed by atoms with E-state index in [0.717, 1.165) is 35.5 Å². The average molecular weight is 334 g/mol. The van der Waals surface area contributed by atoms with Crippen molar-refractivity contribution in [1.82, 2.24) is 0 Å². The van der Waals surface area contributed by atoms with Gasteiger partial charge >= 0.3 is 12.8 Å². The maximum absolute atomic E-state index is 13.0. The van der Waals surface area contributed by atoms with Crippen LogP contribution in [-0.4, -0.2) is 6.61 Å². The van der Waals surface area contributed by atoms with E-state index in [2.05, 4.69) is 4.74 Å². The van der Waals surface area contributed by atoms with Crippen LogP contribution in [0, 0.1) is 0 Å². The Bertz CT molecular complexity index is 613. The Labute approximate surface area is 128 Å². The first kappa shape index (κ1) is 16.6. The van der Waals surface area contributed by atoms with E-state index >= 15 is 0 Å². The zero-order chi connectivity index (χ0) is 16.2. The van der Waals surface area contributed by atoms with Crippen molar-refractivity contribution in [3.63, 3.8) is 0 Å². The molecule has 118 valence electrons. The summed E-state index contributed by atoms with van der Waals surface area (Å²) in [5, 5.41) is 0. The Morgan fingerprint density at radius 1 is 0.955 bits per heavy atom. The van der Waals surface area contributed by atoms with Crippen LogP contribution in [0.5, 0.6) is 5.75 Å². The molecule has 2 rings (SSSR count). The lowest BCUT2D eigenvalue weighted by molar-refractivity contribution is -0.140. The Morgan fingerprint density at radius 3 is 2.23 bits per heavy atom. The number of hydrogen-bond acceptors (Lipinski definition) is 2. The molecule has 0 aromatic heterocycles. The smallest absolute Gasteiger partial charge is 0.417 e. The number of halogens is 5. The van der Waals surface area contributed by atoms with Crippen molar-refractivity contribution in [2.45, 2.75) is 23.4 Å². The molecule has 22 heavy (non-hydrogen) atoms. The largest absolute Gasteiger partial charge is 0.434 e. The predicted octanol–water partition coefficient (Wildman–Crippen LogP) is 5.60. The number of thioether (sulfide) groups is 1. The van der Waals surface area contributed by atoms with E-state index in [1.807, 2.05) is 0 Å². The van der Waals surface area contributed by atoms with Crippen molar-refractivity contribution in [2.75, 3.05) is 0 Å². The van der Waals surface area contributed by atoms with Crippen molar-refractivity contribution >= 4 is 11.8 Å². The lowest BCUT2D eigenvalue weighted by Crippen LogP contribution is -2.10. The maximum atomic E-state index is 13.0. The highest BCUT2D eigenvalue weighted by Crippen LogP contribution is 2.43. The fourth-order valence-corrected chi connectivity index (χ4v) is 2.91. The second kappa shape index (κ2) is 7.00. The summed E-state index contributed by atoms with van der Waals surface area (Å²) in [5.41, 5.74) is -0.195. The zero-order valence-corrected chi connectivity index (χ0v) is 11.9. The molecule has 0 radical (unpaired) electrons. The van der Waals surface area contributed by atoms with Gasteiger partial charge in [-0.15, -0.1) is 11.8 Å². The Kier molecular flexibility index (Phi) is 5.28. The van der Waals surface area contributed by atoms with Crippen LogP contribution in [0.1, 0.15) is 11.1 Å². The Hall–Kier alpha value is -1.76. The molecule has 2 aromatic rings. The van der Waals surface area contributed by atoms with Crippen LogP contribution >= 0.6 is 11.8 Å². The fraction of sp³-hybridized carbons (Fsp3) is 0.200. The van der Waals surface area contributed by atoms with Gasteiger partial charge in [0.2, 0.25) is 0 Å². The SMILES string of the molecule is FC(F)Oc1cccc(C(F)(F)F)c1SCc1ccccc1. The molecule has 1 nitrogen and oxygen atoms in total. The Morgan fingerprint density at radius 2 is 1.64 bits per heavy atom. The molecule has 0 fully saturated rings. The topological polar surface area (TPSA) is 9.23 Å². The van der Waals surface area contributed by atoms with E-state index in [9.17, 15) is 22.0 Å². The van der Waals surface area contributed by atoms with Gasteiger partial charge in [0, 0.05) is 5.75 Å². The molecule has 0 saturated heterocycles. The third-order valence-corrected chi connectivity index (χ3v) is 3.91. The first-order valence-electron chi connectivity index (χ1n) is 6.19. The third-order valence-electron chi connectivity index (χ3n) is 2.73. The molecule has 0 aliphatic heterocycles. The summed E-state index contributed by atoms with van der Waals surface area (Å²) in [6.07, 6.45) is -4.64. The second-order valence-corrected chi connectivity index (χ2v) is 5.27. The van der Waals surface area contributed by atoms with E-state index in [1.54, 1.807) is 30.3 Å². The van der Waals surface area contributed by atoms with Gasteiger partial charge in [-0.3, -0.25) is 0 Å². The molecule has 0 bridgehead atoms. The first-order valence-corrected chi connectivity index (χ1v) is 7.18. The Balaban J connectivity index is 2.32. The molecule has 0 amide bonds. The van der Waals surface area contributed by atoms with Crippen LogP contribution in [0.3, 0.4) is 0 Å². The first-order chi connectivity index (χ1) is 10.4. The molecule has 0 atom stereocenters. The number of alkyl halides is 5. The van der Waals surface area contributed by atoms with Crippen LogP contribution < -0.4 is 4.74 Å². The van der Waals surface area contributed by atoms with Gasteiger partial charge in [-0.2, -0.15) is 22.0 Å². The van der Waals surface area contributed by atoms with E-state index in [4.69, 9.17) is 0 Å². The van der Waals surface area contributed by atoms with Crippen molar-refractivity contribution in [1.29, 1.82) is 0 Å². The van der Waals surface area contributed by atoms with Crippen molar-refractivity contribution in [3.05, 3.63) is 59.7 Å². The number of benzene rings is 2. The van der Waals surface area contributed by atoms with Crippen molar-refractivity contribution in [2.24, 2.45) is 0 Å². The fourth-order valence-electron chi connectivity index (χ4n) is 1.81. The average Bonchev–Trinajstić information content (AvgIpc) is 2.45. The minimum atomic E-state index is -4.64. The van der Waals surface area contributed by atoms with Gasteiger partial charge in [0.15, 0.2) is 0 Å². The van der Waals surface area contributed by atoms with E-state index in [-0.39, 0.29) is 10.6 Å². The number of ether oxygens (including phenoxy) is 1. The third kappa shape index (κ3) is 4.37. The molecule has 0 heterocycles. The molecule has 0 unspecified atom stereocenters. The van der Waals surface area contributed by atoms with E-state index < -0.39 is 24.1 Å². The molecule has 0 saturated carbocycles. The van der Waals surface area contributed by atoms with Gasteiger partial charge in [0.05, 0.1) is 10.5 Å². The van der Waals surface area contributed by atoms with Gasteiger partial charge < -0.3 is 4.74 Å². The van der Waals surface area contributed by atoms with Crippen LogP contribution in [0.15, 0.2) is 53.4 Å². The maximum Gasteiger partial charge on any atom is 0.417 e. The summed E-state index contributed by atoms with van der Waals surface area (Å²) in [5.74, 6) is -0.251. The van der Waals surface area contributed by atoms with Crippen LogP contribution in [0.25, 0.3) is 0 Å². The molecular formula is C15H11F5OS. The second-order valence-electron chi connectivity index (χ2n) is 4.28. The van der Waals surface area contributed by atoms with Crippen molar-refractivity contribution < 1.29 is 26.7 Å². The zero-order valence-electron chi connectivity index (χ0n) is 11.1. The highest BCUT2D eigenvalue weighted by atomic mass is 32.2. The lowest BCUT2D eigenvalue weighted by Gasteiger charge is -2.16. The van der Waals surface area contributed by atoms with Gasteiger partial charge in [-0.25, -0.2) is 0 Å². The minimum Gasteiger partial charge on any atom is -0.434 e. The number of rotatable bonds is 5. The van der Waals surface area contributed by atoms with Crippen LogP contribution in [0.4, 0.5) is 22.0 Å². The van der Waals surface area contributed by atoms with Gasteiger partial charge in [-0.05, 0) is 17.7 Å². The molecule has 0 aliphatic rings. The monoisotopic (exact) mass is 334 g/mol. The van der Waals surface area contributed by atoms with E-state index in [1.165, 1.54) is 0 Å². The standard InChI is InChI=1S/C15H11F5OS/c16-14(17)21-12-8-4-7-11(15(18,19)20)13(12)22-9-10-5-2-1-3-6-10/h1-8,14H,9H2. The summed E-state index contributed by atoms with van der Waals surface area (Å²) in [7, 11) is 0. The summed E-state index contributed by atoms with van der Waals surface area (Å²) in [4.78, 5) is -0.334. The van der Waals surface area contributed by atoms with Crippen molar-refractivity contribution in [3.8, 4) is 5.75 Å². The molecule has 2 aromatic carbocycles. The van der Waals surface area contributed by atoms with E-state index in [0.29, 0.717) is 0 Å². The lowest BCUT2D eigenvalue weighted by atomic mass is 10.2. The van der Waals surface area contributed by atoms with Crippen LogP contribution in [-0.2, 0) is 11.9 Å². The van der Waals surface area contributed by atoms with Gasteiger partial charge in [-0.1, -0.05) is 36.4 Å². The summed E-state index contributed by atoms with van der Waals surface area (Å²) >= 11 is 0.817. The summed E-state index contributed by atoms with van der Waals surface area (Å²) in [6.45, 7) is -3.18. The predicted molar refractivity (Wildman–Crippen MR) is 74.1 cm³/mol. The molecule has 0 spiro atoms. The molecule has 0 N–H and O–H groups in total. The minimum absolute atomic E-state index is 0.216. The molecular weight excluding hydrogens is 323 g/mol. The summed E-state index contributed by atoms with van der Waals surface area (Å²) in [6, 6.07) is 11.8. The normalized spacial score (nSPS) is 11.7. The highest BCUT2D eigenvalue weighted by Gasteiger charge is 2.35. The summed E-state index contributed by atoms with van der Waals surface area (Å²) < 4.78 is 68.1. The van der Waals surface area contributed by atoms with Gasteiger partial charge in [0.1, 0.15) is 5.75 Å². The molecule has 0 aliphatic carbocycles. The quantitative estimate of drug-likeness (QED) is 0.520. The highest BCUT2D eigenvalue weighted by molar-refractivity contribution is 7.98.